The highest BCUT2D eigenvalue weighted by atomic mass is 35.5. The second-order valence-electron chi connectivity index (χ2n) is 3.70. The number of anilines is 1. The minimum absolute atomic E-state index is 0.0499. The summed E-state index contributed by atoms with van der Waals surface area (Å²) in [7, 11) is -2.30. The summed E-state index contributed by atoms with van der Waals surface area (Å²) in [5.41, 5.74) is 11.6. The smallest absolute Gasteiger partial charge is 0.170 e. The summed E-state index contributed by atoms with van der Waals surface area (Å²) in [6.45, 7) is 3.49. The van der Waals surface area contributed by atoms with Crippen LogP contribution in [0, 0.1) is 6.92 Å². The molecule has 17 heavy (non-hydrogen) atoms. The van der Waals surface area contributed by atoms with Crippen LogP contribution in [0.5, 0.6) is 5.75 Å². The van der Waals surface area contributed by atoms with E-state index in [4.69, 9.17) is 27.8 Å². The number of rotatable bonds is 3. The normalized spacial score (nSPS) is 15.4. The summed E-state index contributed by atoms with van der Waals surface area (Å²) in [4.78, 5) is -1.91. The van der Waals surface area contributed by atoms with E-state index >= 15 is 0 Å². The lowest BCUT2D eigenvalue weighted by molar-refractivity contribution is 0.405. The highest BCUT2D eigenvalue weighted by molar-refractivity contribution is 7.91. The molecular formula is C10H14ClN2O3S. The van der Waals surface area contributed by atoms with Crippen molar-refractivity contribution in [3.63, 3.8) is 0 Å². The Morgan fingerprint density at radius 3 is 2.41 bits per heavy atom. The first-order valence-corrected chi connectivity index (χ1v) is 6.86. The summed E-state index contributed by atoms with van der Waals surface area (Å²) in [6, 6.07) is 2.99. The third-order valence-corrected chi connectivity index (χ3v) is 4.32. The number of halogens is 1. The van der Waals surface area contributed by atoms with E-state index in [0.29, 0.717) is 0 Å². The largest absolute Gasteiger partial charge is 0.496 e. The molecule has 1 aromatic rings. The van der Waals surface area contributed by atoms with E-state index < -0.39 is 14.7 Å². The fourth-order valence-corrected chi connectivity index (χ4v) is 2.10. The van der Waals surface area contributed by atoms with E-state index in [2.05, 4.69) is 6.92 Å². The van der Waals surface area contributed by atoms with Crippen molar-refractivity contribution in [3.8, 4) is 5.75 Å². The van der Waals surface area contributed by atoms with Gasteiger partial charge in [0.05, 0.1) is 23.4 Å². The van der Waals surface area contributed by atoms with Crippen molar-refractivity contribution >= 4 is 27.1 Å². The van der Waals surface area contributed by atoms with Gasteiger partial charge in [0.2, 0.25) is 0 Å². The predicted octanol–water partition coefficient (Wildman–Crippen LogP) is 0.921. The highest BCUT2D eigenvalue weighted by Crippen LogP contribution is 2.39. The standard InChI is InChI=1S/C10H14ClN2O3S/c1-10(13,17(3,14)15)8-7(16-2)5-4-6(11)9(8)12/h4-5H,1,12-13H2,2-3H3. The summed E-state index contributed by atoms with van der Waals surface area (Å²) in [5, 5.41) is 0.197. The lowest BCUT2D eigenvalue weighted by Crippen LogP contribution is -2.42. The number of benzene rings is 1. The third-order valence-electron chi connectivity index (χ3n) is 2.46. The number of nitrogen functional groups attached to an aromatic ring is 1. The molecule has 0 aliphatic carbocycles. The van der Waals surface area contributed by atoms with E-state index in [1.54, 1.807) is 0 Å². The molecule has 4 N–H and O–H groups in total. The van der Waals surface area contributed by atoms with Crippen LogP contribution in [0.15, 0.2) is 12.1 Å². The van der Waals surface area contributed by atoms with Gasteiger partial charge in [0.15, 0.2) is 9.84 Å². The van der Waals surface area contributed by atoms with Crippen LogP contribution in [-0.2, 0) is 14.7 Å². The molecular weight excluding hydrogens is 264 g/mol. The molecule has 1 radical (unpaired) electrons. The van der Waals surface area contributed by atoms with Crippen molar-refractivity contribution < 1.29 is 13.2 Å². The van der Waals surface area contributed by atoms with Crippen molar-refractivity contribution in [1.29, 1.82) is 0 Å². The minimum atomic E-state index is -3.68. The molecule has 1 unspecified atom stereocenters. The van der Waals surface area contributed by atoms with Gasteiger partial charge in [-0.25, -0.2) is 8.42 Å². The quantitative estimate of drug-likeness (QED) is 0.801. The molecule has 5 nitrogen and oxygen atoms in total. The number of sulfone groups is 1. The maximum Gasteiger partial charge on any atom is 0.170 e. The van der Waals surface area contributed by atoms with E-state index in [0.717, 1.165) is 6.26 Å². The molecule has 0 saturated heterocycles. The molecule has 0 aromatic heterocycles. The van der Waals surface area contributed by atoms with E-state index in [9.17, 15) is 8.42 Å². The van der Waals surface area contributed by atoms with Gasteiger partial charge in [-0.3, -0.25) is 0 Å². The number of nitrogens with two attached hydrogens (primary N) is 2. The maximum absolute atomic E-state index is 11.6. The summed E-state index contributed by atoms with van der Waals surface area (Å²) < 4.78 is 28.3. The van der Waals surface area contributed by atoms with Crippen LogP contribution in [-0.4, -0.2) is 21.8 Å². The van der Waals surface area contributed by atoms with Gasteiger partial charge in [-0.15, -0.1) is 0 Å². The second kappa shape index (κ2) is 4.36. The molecule has 0 amide bonds. The Labute approximate surface area is 106 Å². The van der Waals surface area contributed by atoms with Crippen molar-refractivity contribution in [1.82, 2.24) is 0 Å². The topological polar surface area (TPSA) is 95.4 Å². The highest BCUT2D eigenvalue weighted by Gasteiger charge is 2.38. The minimum Gasteiger partial charge on any atom is -0.496 e. The van der Waals surface area contributed by atoms with Crippen LogP contribution in [0.2, 0.25) is 5.02 Å². The van der Waals surface area contributed by atoms with Gasteiger partial charge in [-0.2, -0.15) is 0 Å². The van der Waals surface area contributed by atoms with Crippen LogP contribution in [0.4, 0.5) is 5.69 Å². The Balaban J connectivity index is 3.66. The zero-order chi connectivity index (χ0) is 13.4. The Kier molecular flexibility index (Phi) is 3.61. The average molecular weight is 278 g/mol. The molecule has 1 atom stereocenters. The molecule has 0 aliphatic heterocycles. The van der Waals surface area contributed by atoms with Crippen LogP contribution >= 0.6 is 11.6 Å². The van der Waals surface area contributed by atoms with Gasteiger partial charge in [-0.1, -0.05) is 11.6 Å². The summed E-state index contributed by atoms with van der Waals surface area (Å²) >= 11 is 5.84. The third kappa shape index (κ3) is 2.34. The zero-order valence-electron chi connectivity index (χ0n) is 9.53. The van der Waals surface area contributed by atoms with Crippen molar-refractivity contribution in [2.75, 3.05) is 19.1 Å². The van der Waals surface area contributed by atoms with Crippen LogP contribution < -0.4 is 16.2 Å². The monoisotopic (exact) mass is 277 g/mol. The van der Waals surface area contributed by atoms with Gasteiger partial charge in [0, 0.05) is 6.26 Å². The van der Waals surface area contributed by atoms with Gasteiger partial charge in [0.25, 0.3) is 0 Å². The van der Waals surface area contributed by atoms with Crippen molar-refractivity contribution in [2.45, 2.75) is 4.87 Å². The number of ether oxygens (including phenoxy) is 1. The fourth-order valence-electron chi connectivity index (χ4n) is 1.37. The molecule has 0 spiro atoms. The van der Waals surface area contributed by atoms with Crippen molar-refractivity contribution in [3.05, 3.63) is 29.6 Å². The van der Waals surface area contributed by atoms with Crippen molar-refractivity contribution in [2.24, 2.45) is 5.73 Å². The van der Waals surface area contributed by atoms with Crippen LogP contribution in [0.3, 0.4) is 0 Å². The zero-order valence-corrected chi connectivity index (χ0v) is 11.1. The van der Waals surface area contributed by atoms with Gasteiger partial charge >= 0.3 is 0 Å². The Morgan fingerprint density at radius 1 is 1.47 bits per heavy atom. The fraction of sp³-hybridized carbons (Fsp3) is 0.300. The Morgan fingerprint density at radius 2 is 2.00 bits per heavy atom. The van der Waals surface area contributed by atoms with E-state index in [1.165, 1.54) is 19.2 Å². The summed E-state index contributed by atoms with van der Waals surface area (Å²) in [6.07, 6.45) is 0.972. The number of hydrogen-bond donors (Lipinski definition) is 2. The first kappa shape index (κ1) is 14.1. The first-order chi connectivity index (χ1) is 7.63. The predicted molar refractivity (Wildman–Crippen MR) is 68.5 cm³/mol. The summed E-state index contributed by atoms with van der Waals surface area (Å²) in [5.74, 6) is 0.231. The molecule has 0 fully saturated rings. The molecule has 7 heteroatoms. The maximum atomic E-state index is 11.6. The van der Waals surface area contributed by atoms with Gasteiger partial charge in [0.1, 0.15) is 10.6 Å². The molecule has 95 valence electrons. The molecule has 1 rings (SSSR count). The molecule has 1 aromatic carbocycles. The lowest BCUT2D eigenvalue weighted by Gasteiger charge is -2.26. The molecule has 0 saturated carbocycles. The molecule has 0 aliphatic rings. The average Bonchev–Trinajstić information content (AvgIpc) is 2.19. The Bertz CT molecular complexity index is 541. The lowest BCUT2D eigenvalue weighted by atomic mass is 10.0. The number of methoxy groups -OCH3 is 1. The van der Waals surface area contributed by atoms with Gasteiger partial charge in [-0.05, 0) is 19.1 Å². The van der Waals surface area contributed by atoms with Crippen LogP contribution in [0.1, 0.15) is 5.56 Å². The SMILES string of the molecule is [CH2]C(N)(c1c(OC)ccc(Cl)c1N)S(C)(=O)=O. The molecule has 0 bridgehead atoms. The Hall–Kier alpha value is -0.980. The molecule has 0 heterocycles. The van der Waals surface area contributed by atoms with Crippen LogP contribution in [0.25, 0.3) is 0 Å². The number of hydrogen-bond acceptors (Lipinski definition) is 5. The van der Waals surface area contributed by atoms with E-state index in [1.807, 2.05) is 0 Å². The van der Waals surface area contributed by atoms with E-state index in [-0.39, 0.29) is 22.0 Å². The van der Waals surface area contributed by atoms with Gasteiger partial charge < -0.3 is 16.2 Å². The first-order valence-electron chi connectivity index (χ1n) is 4.59. The second-order valence-corrected chi connectivity index (χ2v) is 6.38.